The third-order valence-corrected chi connectivity index (χ3v) is 10.4. The van der Waals surface area contributed by atoms with Gasteiger partial charge in [-0.25, -0.2) is 9.67 Å². The molecule has 0 unspecified atom stereocenters. The molecule has 0 radical (unpaired) electrons. The van der Waals surface area contributed by atoms with Crippen molar-refractivity contribution in [2.75, 3.05) is 26.2 Å². The lowest BCUT2D eigenvalue weighted by Crippen LogP contribution is -2.52. The van der Waals surface area contributed by atoms with E-state index in [-0.39, 0.29) is 79.4 Å². The Morgan fingerprint density at radius 1 is 1.02 bits per heavy atom. The number of carbonyl (C=O) groups is 3. The van der Waals surface area contributed by atoms with Crippen molar-refractivity contribution < 1.29 is 37.0 Å². The second-order valence-corrected chi connectivity index (χ2v) is 14.8. The van der Waals surface area contributed by atoms with Gasteiger partial charge in [-0.3, -0.25) is 14.4 Å². The van der Waals surface area contributed by atoms with E-state index in [1.165, 1.54) is 11.0 Å². The van der Waals surface area contributed by atoms with E-state index in [2.05, 4.69) is 20.6 Å². The number of fused-ring (bicyclic) bond motifs is 8. The van der Waals surface area contributed by atoms with E-state index in [1.54, 1.807) is 34.0 Å². The SMILES string of the molecule is CC(C)NC(=O)C[C@@H]1CCN2C[C@@H]1CCOc1cc(C(F)(F)F)cc(n1)-c1cccc(c1)C(=O)N1C[C@H](OCc3cn(Cc4ccccc4)nn3)C[C@H]1C2=O. The molecule has 7 rings (SSSR count). The van der Waals surface area contributed by atoms with Crippen LogP contribution < -0.4 is 10.1 Å². The number of piperidine rings is 1. The highest BCUT2D eigenvalue weighted by Crippen LogP contribution is 2.36. The molecule has 3 amide bonds. The molecule has 0 spiro atoms. The smallest absolute Gasteiger partial charge is 0.416 e. The topological polar surface area (TPSA) is 132 Å². The van der Waals surface area contributed by atoms with E-state index in [0.717, 1.165) is 17.7 Å². The van der Waals surface area contributed by atoms with Gasteiger partial charge in [0.05, 0.1) is 43.3 Å². The zero-order valence-electron chi connectivity index (χ0n) is 30.7. The van der Waals surface area contributed by atoms with Gasteiger partial charge in [-0.1, -0.05) is 47.7 Å². The minimum absolute atomic E-state index is 0.00536. The number of hydrogen-bond acceptors (Lipinski definition) is 8. The van der Waals surface area contributed by atoms with Crippen LogP contribution in [0.25, 0.3) is 11.3 Å². The van der Waals surface area contributed by atoms with E-state index >= 15 is 0 Å². The Kier molecular flexibility index (Phi) is 11.2. The van der Waals surface area contributed by atoms with Crippen LogP contribution in [0.1, 0.15) is 66.7 Å². The quantitative estimate of drug-likeness (QED) is 0.254. The van der Waals surface area contributed by atoms with Gasteiger partial charge >= 0.3 is 6.18 Å². The second-order valence-electron chi connectivity index (χ2n) is 14.8. The van der Waals surface area contributed by atoms with E-state index in [9.17, 15) is 27.6 Å². The van der Waals surface area contributed by atoms with Crippen molar-refractivity contribution in [1.82, 2.24) is 35.1 Å². The van der Waals surface area contributed by atoms with Crippen molar-refractivity contribution in [3.8, 4) is 17.1 Å². The number of halogens is 3. The monoisotopic (exact) mass is 759 g/mol. The Hall–Kier alpha value is -5.31. The molecule has 6 bridgehead atoms. The molecular weight excluding hydrogens is 715 g/mol. The summed E-state index contributed by atoms with van der Waals surface area (Å²) in [6.45, 7) is 5.26. The van der Waals surface area contributed by atoms with Crippen molar-refractivity contribution in [2.45, 2.75) is 77.0 Å². The van der Waals surface area contributed by atoms with Crippen LogP contribution >= 0.6 is 0 Å². The van der Waals surface area contributed by atoms with E-state index < -0.39 is 29.8 Å². The molecule has 0 saturated carbocycles. The van der Waals surface area contributed by atoms with Crippen LogP contribution in [0.2, 0.25) is 0 Å². The van der Waals surface area contributed by atoms with Gasteiger partial charge in [0.15, 0.2) is 0 Å². The number of nitrogens with one attached hydrogen (secondary N) is 1. The number of ether oxygens (including phenoxy) is 2. The molecule has 4 atom stereocenters. The molecule has 290 valence electrons. The third-order valence-electron chi connectivity index (χ3n) is 10.4. The van der Waals surface area contributed by atoms with Crippen molar-refractivity contribution >= 4 is 17.7 Å². The highest BCUT2D eigenvalue weighted by molar-refractivity contribution is 5.99. The Morgan fingerprint density at radius 2 is 1.82 bits per heavy atom. The Morgan fingerprint density at radius 3 is 2.60 bits per heavy atom. The molecular formula is C40H44F3N7O5. The number of nitrogens with zero attached hydrogens (tertiary/aromatic N) is 6. The first kappa shape index (κ1) is 38.0. The van der Waals surface area contributed by atoms with Crippen molar-refractivity contribution in [3.05, 3.63) is 95.3 Å². The first-order valence-electron chi connectivity index (χ1n) is 18.7. The van der Waals surface area contributed by atoms with Gasteiger partial charge in [0.25, 0.3) is 5.91 Å². The molecule has 2 fully saturated rings. The number of benzene rings is 2. The number of pyridine rings is 1. The van der Waals surface area contributed by atoms with Crippen molar-refractivity contribution in [3.63, 3.8) is 0 Å². The van der Waals surface area contributed by atoms with Gasteiger partial charge in [-0.2, -0.15) is 13.2 Å². The van der Waals surface area contributed by atoms with Crippen LogP contribution in [0.5, 0.6) is 5.88 Å². The Balaban J connectivity index is 1.17. The number of amides is 3. The molecule has 55 heavy (non-hydrogen) atoms. The van der Waals surface area contributed by atoms with E-state index in [4.69, 9.17) is 9.47 Å². The molecule has 2 aromatic heterocycles. The standard InChI is InChI=1S/C40H44F3N7O5/c1-25(2)44-36(51)16-27-11-13-48-21-30(27)12-14-54-37-18-31(40(41,42)43)17-34(45-37)28-9-6-10-29(15-28)38(52)50-23-33(19-35(50)39(48)53)55-24-32-22-49(47-46-32)20-26-7-4-3-5-8-26/h3-10,15,17-18,22,25,27,30,33,35H,11-14,16,19-21,23-24H2,1-2H3,(H,44,51)/t27-,30-,33+,35-/m0/s1. The summed E-state index contributed by atoms with van der Waals surface area (Å²) in [4.78, 5) is 49.3. The van der Waals surface area contributed by atoms with Gasteiger partial charge in [-0.15, -0.1) is 5.10 Å². The summed E-state index contributed by atoms with van der Waals surface area (Å²) in [7, 11) is 0. The predicted octanol–water partition coefficient (Wildman–Crippen LogP) is 5.37. The molecule has 3 aliphatic heterocycles. The van der Waals surface area contributed by atoms with Gasteiger partial charge in [0, 0.05) is 55.7 Å². The van der Waals surface area contributed by atoms with Crippen LogP contribution in [0.15, 0.2) is 72.9 Å². The summed E-state index contributed by atoms with van der Waals surface area (Å²) < 4.78 is 56.1. The number of carbonyl (C=O) groups excluding carboxylic acids is 3. The number of hydrogen-bond donors (Lipinski definition) is 1. The number of rotatable bonds is 8. The van der Waals surface area contributed by atoms with Crippen LogP contribution in [-0.2, 0) is 33.7 Å². The Labute approximate surface area is 317 Å². The summed E-state index contributed by atoms with van der Waals surface area (Å²) in [6, 6.07) is 17.0. The number of alkyl halides is 3. The summed E-state index contributed by atoms with van der Waals surface area (Å²) in [6.07, 6.45) is -1.98. The highest BCUT2D eigenvalue weighted by Gasteiger charge is 2.44. The molecule has 0 aliphatic carbocycles. The average molecular weight is 760 g/mol. The molecule has 3 aliphatic rings. The van der Waals surface area contributed by atoms with Crippen molar-refractivity contribution in [1.29, 1.82) is 0 Å². The molecule has 2 aromatic carbocycles. The molecule has 4 aromatic rings. The zero-order valence-corrected chi connectivity index (χ0v) is 30.7. The summed E-state index contributed by atoms with van der Waals surface area (Å²) in [5.74, 6) is -1.26. The molecule has 5 heterocycles. The lowest BCUT2D eigenvalue weighted by atomic mass is 9.80. The summed E-state index contributed by atoms with van der Waals surface area (Å²) in [5, 5.41) is 11.4. The van der Waals surface area contributed by atoms with Crippen LogP contribution in [0.3, 0.4) is 0 Å². The minimum Gasteiger partial charge on any atom is -0.478 e. The molecule has 12 nitrogen and oxygen atoms in total. The van der Waals surface area contributed by atoms with Crippen molar-refractivity contribution in [2.24, 2.45) is 11.8 Å². The van der Waals surface area contributed by atoms with Crippen LogP contribution in [-0.4, -0.2) is 91.9 Å². The summed E-state index contributed by atoms with van der Waals surface area (Å²) in [5.41, 5.74) is 1.22. The van der Waals surface area contributed by atoms with Crippen LogP contribution in [0, 0.1) is 11.8 Å². The third kappa shape index (κ3) is 9.15. The highest BCUT2D eigenvalue weighted by atomic mass is 19.4. The summed E-state index contributed by atoms with van der Waals surface area (Å²) >= 11 is 0. The molecule has 1 N–H and O–H groups in total. The normalized spacial score (nSPS) is 21.7. The zero-order chi connectivity index (χ0) is 38.7. The fourth-order valence-electron chi connectivity index (χ4n) is 7.72. The molecule has 2 saturated heterocycles. The first-order chi connectivity index (χ1) is 26.4. The van der Waals surface area contributed by atoms with Gasteiger partial charge in [0.1, 0.15) is 11.7 Å². The fourth-order valence-corrected chi connectivity index (χ4v) is 7.72. The molecule has 15 heteroatoms. The van der Waals surface area contributed by atoms with E-state index in [1.807, 2.05) is 44.2 Å². The average Bonchev–Trinajstić information content (AvgIpc) is 3.80. The number of aromatic nitrogens is 4. The van der Waals surface area contributed by atoms with Crippen LogP contribution in [0.4, 0.5) is 13.2 Å². The Bertz CT molecular complexity index is 2010. The first-order valence-corrected chi connectivity index (χ1v) is 18.7. The van der Waals surface area contributed by atoms with E-state index in [0.29, 0.717) is 43.7 Å². The van der Waals surface area contributed by atoms with Gasteiger partial charge in [-0.05, 0) is 62.3 Å². The maximum Gasteiger partial charge on any atom is 0.416 e. The van der Waals surface area contributed by atoms with Gasteiger partial charge < -0.3 is 24.6 Å². The maximum absolute atomic E-state index is 14.5. The lowest BCUT2D eigenvalue weighted by Gasteiger charge is -2.40. The second kappa shape index (κ2) is 16.2. The lowest BCUT2D eigenvalue weighted by molar-refractivity contribution is -0.139. The predicted molar refractivity (Wildman–Crippen MR) is 194 cm³/mol. The minimum atomic E-state index is -4.67. The fraction of sp³-hybridized carbons (Fsp3) is 0.450. The maximum atomic E-state index is 14.5. The largest absolute Gasteiger partial charge is 0.478 e. The van der Waals surface area contributed by atoms with Gasteiger partial charge in [0.2, 0.25) is 17.7 Å².